The Morgan fingerprint density at radius 1 is 1.22 bits per heavy atom. The van der Waals surface area contributed by atoms with Crippen LogP contribution in [0, 0.1) is 0 Å². The molecular formula is C13H19N5. The Morgan fingerprint density at radius 2 is 2.06 bits per heavy atom. The number of rotatable bonds is 5. The Morgan fingerprint density at radius 3 is 2.72 bits per heavy atom. The number of nitrogens with two attached hydrogens (primary N) is 1. The van der Waals surface area contributed by atoms with Gasteiger partial charge in [0.15, 0.2) is 0 Å². The highest BCUT2D eigenvalue weighted by molar-refractivity contribution is 5.06. The molecule has 0 radical (unpaired) electrons. The van der Waals surface area contributed by atoms with Crippen molar-refractivity contribution in [3.05, 3.63) is 42.2 Å². The second-order valence-electron chi connectivity index (χ2n) is 4.70. The molecule has 0 aliphatic carbocycles. The van der Waals surface area contributed by atoms with Crippen LogP contribution in [-0.2, 0) is 12.8 Å². The molecule has 2 heterocycles. The summed E-state index contributed by atoms with van der Waals surface area (Å²) in [4.78, 5) is 8.55. The van der Waals surface area contributed by atoms with E-state index in [1.54, 1.807) is 12.5 Å². The molecule has 5 heteroatoms. The molecular weight excluding hydrogens is 226 g/mol. The van der Waals surface area contributed by atoms with E-state index in [0.29, 0.717) is 6.04 Å². The van der Waals surface area contributed by atoms with E-state index in [1.165, 1.54) is 0 Å². The lowest BCUT2D eigenvalue weighted by molar-refractivity contribution is 0.489. The van der Waals surface area contributed by atoms with Crippen LogP contribution in [0.3, 0.4) is 0 Å². The van der Waals surface area contributed by atoms with Crippen molar-refractivity contribution >= 4 is 0 Å². The molecule has 0 aliphatic rings. The van der Waals surface area contributed by atoms with E-state index in [4.69, 9.17) is 5.73 Å². The lowest BCUT2D eigenvalue weighted by atomic mass is 10.1. The SMILES string of the molecule is CC(C)n1ncnc1CC(N)Cc1ccccn1. The number of nitrogens with zero attached hydrogens (tertiary/aromatic N) is 4. The molecule has 0 bridgehead atoms. The third kappa shape index (κ3) is 3.13. The lowest BCUT2D eigenvalue weighted by Crippen LogP contribution is -2.28. The van der Waals surface area contributed by atoms with E-state index in [1.807, 2.05) is 22.9 Å². The fraction of sp³-hybridized carbons (Fsp3) is 0.462. The second-order valence-corrected chi connectivity index (χ2v) is 4.70. The monoisotopic (exact) mass is 245 g/mol. The minimum absolute atomic E-state index is 0.0154. The van der Waals surface area contributed by atoms with Crippen LogP contribution < -0.4 is 5.73 Å². The van der Waals surface area contributed by atoms with Crippen LogP contribution in [0.2, 0.25) is 0 Å². The van der Waals surface area contributed by atoms with E-state index >= 15 is 0 Å². The predicted molar refractivity (Wildman–Crippen MR) is 70.0 cm³/mol. The van der Waals surface area contributed by atoms with Crippen LogP contribution in [0.4, 0.5) is 0 Å². The molecule has 0 saturated carbocycles. The van der Waals surface area contributed by atoms with Crippen molar-refractivity contribution in [2.45, 2.75) is 38.8 Å². The van der Waals surface area contributed by atoms with Crippen molar-refractivity contribution in [3.8, 4) is 0 Å². The van der Waals surface area contributed by atoms with Crippen molar-refractivity contribution in [2.24, 2.45) is 5.73 Å². The van der Waals surface area contributed by atoms with Crippen molar-refractivity contribution < 1.29 is 0 Å². The largest absolute Gasteiger partial charge is 0.327 e. The first-order chi connectivity index (χ1) is 8.66. The quantitative estimate of drug-likeness (QED) is 0.863. The Bertz CT molecular complexity index is 477. The minimum Gasteiger partial charge on any atom is -0.327 e. The molecule has 2 aromatic rings. The first-order valence-corrected chi connectivity index (χ1v) is 6.20. The summed E-state index contributed by atoms with van der Waals surface area (Å²) in [5.74, 6) is 0.938. The standard InChI is InChI=1S/C13H19N5/c1-10(2)18-13(16-9-17-18)8-11(14)7-12-5-3-4-6-15-12/h3-6,9-11H,7-8,14H2,1-2H3. The Labute approximate surface area is 107 Å². The molecule has 18 heavy (non-hydrogen) atoms. The maximum absolute atomic E-state index is 6.14. The van der Waals surface area contributed by atoms with Gasteiger partial charge in [0.2, 0.25) is 0 Å². The van der Waals surface area contributed by atoms with Crippen LogP contribution in [0.15, 0.2) is 30.7 Å². The summed E-state index contributed by atoms with van der Waals surface area (Å²) >= 11 is 0. The Balaban J connectivity index is 1.99. The van der Waals surface area contributed by atoms with Crippen molar-refractivity contribution in [2.75, 3.05) is 0 Å². The topological polar surface area (TPSA) is 69.6 Å². The number of pyridine rings is 1. The molecule has 2 N–H and O–H groups in total. The molecule has 2 rings (SSSR count). The fourth-order valence-corrected chi connectivity index (χ4v) is 1.95. The van der Waals surface area contributed by atoms with Gasteiger partial charge in [0, 0.05) is 36.8 Å². The van der Waals surface area contributed by atoms with Gasteiger partial charge in [-0.25, -0.2) is 9.67 Å². The van der Waals surface area contributed by atoms with Crippen LogP contribution in [0.25, 0.3) is 0 Å². The van der Waals surface area contributed by atoms with Gasteiger partial charge < -0.3 is 5.73 Å². The number of aromatic nitrogens is 4. The lowest BCUT2D eigenvalue weighted by Gasteiger charge is -2.13. The van der Waals surface area contributed by atoms with E-state index in [-0.39, 0.29) is 6.04 Å². The van der Waals surface area contributed by atoms with E-state index < -0.39 is 0 Å². The van der Waals surface area contributed by atoms with E-state index in [0.717, 1.165) is 24.4 Å². The minimum atomic E-state index is 0.0154. The zero-order valence-corrected chi connectivity index (χ0v) is 10.8. The maximum Gasteiger partial charge on any atom is 0.138 e. The summed E-state index contributed by atoms with van der Waals surface area (Å²) in [5, 5.41) is 4.21. The highest BCUT2D eigenvalue weighted by Gasteiger charge is 2.12. The summed E-state index contributed by atoms with van der Waals surface area (Å²) in [7, 11) is 0. The highest BCUT2D eigenvalue weighted by atomic mass is 15.3. The third-order valence-electron chi connectivity index (χ3n) is 2.78. The molecule has 1 unspecified atom stereocenters. The van der Waals surface area contributed by atoms with Gasteiger partial charge in [0.25, 0.3) is 0 Å². The van der Waals surface area contributed by atoms with Crippen LogP contribution in [0.1, 0.15) is 31.4 Å². The Hall–Kier alpha value is -1.75. The predicted octanol–water partition coefficient (Wildman–Crippen LogP) is 1.37. The van der Waals surface area contributed by atoms with Crippen molar-refractivity contribution in [3.63, 3.8) is 0 Å². The summed E-state index contributed by atoms with van der Waals surface area (Å²) in [5.41, 5.74) is 7.16. The zero-order valence-electron chi connectivity index (χ0n) is 10.8. The van der Waals surface area contributed by atoms with Gasteiger partial charge in [-0.15, -0.1) is 0 Å². The van der Waals surface area contributed by atoms with Gasteiger partial charge in [0.1, 0.15) is 12.2 Å². The van der Waals surface area contributed by atoms with Gasteiger partial charge in [0.05, 0.1) is 0 Å². The molecule has 0 aliphatic heterocycles. The van der Waals surface area contributed by atoms with Gasteiger partial charge in [-0.05, 0) is 26.0 Å². The molecule has 0 fully saturated rings. The average molecular weight is 245 g/mol. The molecule has 0 spiro atoms. The van der Waals surface area contributed by atoms with Gasteiger partial charge >= 0.3 is 0 Å². The molecule has 2 aromatic heterocycles. The van der Waals surface area contributed by atoms with Crippen LogP contribution >= 0.6 is 0 Å². The summed E-state index contributed by atoms with van der Waals surface area (Å²) in [6.45, 7) is 4.17. The van der Waals surface area contributed by atoms with Gasteiger partial charge in [-0.2, -0.15) is 5.10 Å². The summed E-state index contributed by atoms with van der Waals surface area (Å²) < 4.78 is 1.91. The van der Waals surface area contributed by atoms with Crippen LogP contribution in [0.5, 0.6) is 0 Å². The van der Waals surface area contributed by atoms with Crippen molar-refractivity contribution in [1.82, 2.24) is 19.7 Å². The molecule has 0 amide bonds. The number of hydrogen-bond donors (Lipinski definition) is 1. The fourth-order valence-electron chi connectivity index (χ4n) is 1.95. The molecule has 1 atom stereocenters. The second kappa shape index (κ2) is 5.73. The van der Waals surface area contributed by atoms with Gasteiger partial charge in [-0.1, -0.05) is 6.07 Å². The molecule has 0 saturated heterocycles. The average Bonchev–Trinajstić information content (AvgIpc) is 2.78. The zero-order chi connectivity index (χ0) is 13.0. The molecule has 0 aromatic carbocycles. The van der Waals surface area contributed by atoms with E-state index in [2.05, 4.69) is 28.9 Å². The summed E-state index contributed by atoms with van der Waals surface area (Å²) in [6, 6.07) is 6.20. The van der Waals surface area contributed by atoms with E-state index in [9.17, 15) is 0 Å². The highest BCUT2D eigenvalue weighted by Crippen LogP contribution is 2.08. The van der Waals surface area contributed by atoms with Crippen molar-refractivity contribution in [1.29, 1.82) is 0 Å². The normalized spacial score (nSPS) is 12.9. The first kappa shape index (κ1) is 12.7. The smallest absolute Gasteiger partial charge is 0.138 e. The van der Waals surface area contributed by atoms with Crippen LogP contribution in [-0.4, -0.2) is 25.8 Å². The maximum atomic E-state index is 6.14. The van der Waals surface area contributed by atoms with Gasteiger partial charge in [-0.3, -0.25) is 4.98 Å². The third-order valence-corrected chi connectivity index (χ3v) is 2.78. The molecule has 96 valence electrons. The Kier molecular flexibility index (Phi) is 4.04. The number of hydrogen-bond acceptors (Lipinski definition) is 4. The first-order valence-electron chi connectivity index (χ1n) is 6.20. The summed E-state index contributed by atoms with van der Waals surface area (Å²) in [6.07, 6.45) is 4.85. The molecule has 5 nitrogen and oxygen atoms in total.